The number of pyridine rings is 2. The van der Waals surface area contributed by atoms with E-state index in [0.717, 1.165) is 27.7 Å². The van der Waals surface area contributed by atoms with Crippen LogP contribution >= 0.6 is 23.4 Å². The van der Waals surface area contributed by atoms with Gasteiger partial charge < -0.3 is 10.1 Å². The molecule has 0 unspecified atom stereocenters. The molecule has 6 nitrogen and oxygen atoms in total. The predicted molar refractivity (Wildman–Crippen MR) is 134 cm³/mol. The molecule has 1 aliphatic rings. The molecule has 3 heterocycles. The van der Waals surface area contributed by atoms with Gasteiger partial charge in [0.15, 0.2) is 5.17 Å². The molecule has 0 saturated carbocycles. The van der Waals surface area contributed by atoms with Crippen LogP contribution in [0, 0.1) is 0 Å². The molecule has 8 heteroatoms. The summed E-state index contributed by atoms with van der Waals surface area (Å²) in [6.07, 6.45) is 3.60. The van der Waals surface area contributed by atoms with Crippen LogP contribution in [0.2, 0.25) is 5.02 Å². The van der Waals surface area contributed by atoms with Crippen LogP contribution in [0.3, 0.4) is 0 Å². The van der Waals surface area contributed by atoms with Crippen molar-refractivity contribution in [2.45, 2.75) is 0 Å². The van der Waals surface area contributed by atoms with Gasteiger partial charge in [0.1, 0.15) is 0 Å². The van der Waals surface area contributed by atoms with E-state index in [9.17, 15) is 4.79 Å². The van der Waals surface area contributed by atoms with Crippen LogP contribution < -0.4 is 10.1 Å². The van der Waals surface area contributed by atoms with E-state index in [0.29, 0.717) is 26.7 Å². The first-order valence-electron chi connectivity index (χ1n) is 10.0. The normalized spacial score (nSPS) is 15.9. The zero-order valence-electron chi connectivity index (χ0n) is 17.4. The summed E-state index contributed by atoms with van der Waals surface area (Å²) in [6.45, 7) is 0. The first kappa shape index (κ1) is 21.2. The molecule has 1 aliphatic heterocycles. The maximum absolute atomic E-state index is 12.5. The SMILES string of the molecule is COc1cccc(-c2ccc(Cl)c(N=C3NC(=O)C(=Cc4ccc5ncccc5c4)S3)c2)n1. The Bertz CT molecular complexity index is 1450. The Morgan fingerprint density at radius 1 is 1.09 bits per heavy atom. The van der Waals surface area contributed by atoms with Gasteiger partial charge in [-0.25, -0.2) is 9.98 Å². The quantitative estimate of drug-likeness (QED) is 0.377. The van der Waals surface area contributed by atoms with Gasteiger partial charge in [-0.3, -0.25) is 9.78 Å². The number of nitrogens with one attached hydrogen (secondary N) is 1. The standard InChI is InChI=1S/C25H17ClN4O2S/c1-32-23-6-2-5-20(28-23)17-8-9-18(26)21(14-17)29-25-30-24(31)22(33-25)13-15-7-10-19-16(12-15)4-3-11-27-19/h2-14H,1H3,(H,29,30,31). The van der Waals surface area contributed by atoms with Crippen LogP contribution in [0.15, 0.2) is 82.8 Å². The van der Waals surface area contributed by atoms with E-state index in [2.05, 4.69) is 20.3 Å². The van der Waals surface area contributed by atoms with E-state index in [-0.39, 0.29) is 5.91 Å². The summed E-state index contributed by atoms with van der Waals surface area (Å²) in [6, 6.07) is 20.8. The highest BCUT2D eigenvalue weighted by atomic mass is 35.5. The van der Waals surface area contributed by atoms with Gasteiger partial charge in [0.05, 0.1) is 33.9 Å². The summed E-state index contributed by atoms with van der Waals surface area (Å²) < 4.78 is 5.21. The van der Waals surface area contributed by atoms with Crippen molar-refractivity contribution in [1.82, 2.24) is 15.3 Å². The third kappa shape index (κ3) is 4.60. The number of hydrogen-bond acceptors (Lipinski definition) is 6. The molecular formula is C25H17ClN4O2S. The van der Waals surface area contributed by atoms with Crippen molar-refractivity contribution in [1.29, 1.82) is 0 Å². The van der Waals surface area contributed by atoms with E-state index in [1.807, 2.05) is 60.7 Å². The highest BCUT2D eigenvalue weighted by Gasteiger charge is 2.24. The summed E-state index contributed by atoms with van der Waals surface area (Å²) in [5.74, 6) is 0.319. The molecule has 5 rings (SSSR count). The Morgan fingerprint density at radius 2 is 2.00 bits per heavy atom. The Balaban J connectivity index is 1.43. The topological polar surface area (TPSA) is 76.5 Å². The minimum Gasteiger partial charge on any atom is -0.481 e. The lowest BCUT2D eigenvalue weighted by molar-refractivity contribution is -0.115. The number of aromatic nitrogens is 2. The van der Waals surface area contributed by atoms with Crippen molar-refractivity contribution in [3.8, 4) is 17.1 Å². The van der Waals surface area contributed by atoms with Crippen molar-refractivity contribution in [2.75, 3.05) is 7.11 Å². The van der Waals surface area contributed by atoms with E-state index in [1.165, 1.54) is 11.8 Å². The Hall–Kier alpha value is -3.68. The van der Waals surface area contributed by atoms with Gasteiger partial charge in [0.25, 0.3) is 5.91 Å². The minimum atomic E-state index is -0.202. The number of amides is 1. The highest BCUT2D eigenvalue weighted by molar-refractivity contribution is 8.18. The second-order valence-corrected chi connectivity index (χ2v) is 8.61. The summed E-state index contributed by atoms with van der Waals surface area (Å²) in [5.41, 5.74) is 3.94. The van der Waals surface area contributed by atoms with Crippen LogP contribution in [0.4, 0.5) is 5.69 Å². The van der Waals surface area contributed by atoms with Crippen molar-refractivity contribution in [3.05, 3.63) is 88.4 Å². The number of methoxy groups -OCH3 is 1. The van der Waals surface area contributed by atoms with Crippen molar-refractivity contribution >= 4 is 57.1 Å². The smallest absolute Gasteiger partial charge is 0.264 e. The molecule has 1 saturated heterocycles. The monoisotopic (exact) mass is 472 g/mol. The maximum atomic E-state index is 12.5. The van der Waals surface area contributed by atoms with Crippen LogP contribution in [-0.2, 0) is 4.79 Å². The molecule has 1 amide bonds. The van der Waals surface area contributed by atoms with E-state index >= 15 is 0 Å². The number of aliphatic imine (C=N–C) groups is 1. The molecule has 162 valence electrons. The number of rotatable bonds is 4. The van der Waals surface area contributed by atoms with Gasteiger partial charge >= 0.3 is 0 Å². The lowest BCUT2D eigenvalue weighted by Gasteiger charge is -2.06. The van der Waals surface area contributed by atoms with Crippen LogP contribution in [0.1, 0.15) is 5.56 Å². The summed E-state index contributed by atoms with van der Waals surface area (Å²) in [7, 11) is 1.57. The summed E-state index contributed by atoms with van der Waals surface area (Å²) in [5, 5.41) is 4.77. The lowest BCUT2D eigenvalue weighted by Crippen LogP contribution is -2.19. The summed E-state index contributed by atoms with van der Waals surface area (Å²) in [4.78, 5) is 26.5. The number of hydrogen-bond donors (Lipinski definition) is 1. The predicted octanol–water partition coefficient (Wildman–Crippen LogP) is 5.85. The molecule has 0 aliphatic carbocycles. The third-order valence-corrected chi connectivity index (χ3v) is 6.20. The van der Waals surface area contributed by atoms with Crippen molar-refractivity contribution in [2.24, 2.45) is 4.99 Å². The number of carbonyl (C=O) groups is 1. The largest absolute Gasteiger partial charge is 0.481 e. The molecule has 1 fully saturated rings. The Labute approximate surface area is 199 Å². The average molecular weight is 473 g/mol. The van der Waals surface area contributed by atoms with Gasteiger partial charge in [-0.2, -0.15) is 0 Å². The van der Waals surface area contributed by atoms with Crippen LogP contribution in [0.25, 0.3) is 28.2 Å². The molecule has 33 heavy (non-hydrogen) atoms. The first-order chi connectivity index (χ1) is 16.1. The zero-order valence-corrected chi connectivity index (χ0v) is 19.0. The molecular weight excluding hydrogens is 456 g/mol. The third-order valence-electron chi connectivity index (χ3n) is 4.97. The molecule has 0 bridgehead atoms. The molecule has 0 spiro atoms. The average Bonchev–Trinajstić information content (AvgIpc) is 3.18. The maximum Gasteiger partial charge on any atom is 0.264 e. The van der Waals surface area contributed by atoms with Gasteiger partial charge in [-0.05, 0) is 59.8 Å². The fourth-order valence-electron chi connectivity index (χ4n) is 3.37. The van der Waals surface area contributed by atoms with Gasteiger partial charge in [0.2, 0.25) is 5.88 Å². The second kappa shape index (κ2) is 9.05. The molecule has 0 radical (unpaired) electrons. The molecule has 2 aromatic heterocycles. The molecule has 4 aromatic rings. The number of amidine groups is 1. The van der Waals surface area contributed by atoms with Crippen molar-refractivity contribution < 1.29 is 9.53 Å². The number of fused-ring (bicyclic) bond motifs is 1. The minimum absolute atomic E-state index is 0.202. The van der Waals surface area contributed by atoms with Gasteiger partial charge in [0, 0.05) is 23.2 Å². The fourth-order valence-corrected chi connectivity index (χ4v) is 4.37. The lowest BCUT2D eigenvalue weighted by atomic mass is 10.1. The number of benzene rings is 2. The zero-order chi connectivity index (χ0) is 22.8. The number of carbonyl (C=O) groups excluding carboxylic acids is 1. The number of nitrogens with zero attached hydrogens (tertiary/aromatic N) is 3. The highest BCUT2D eigenvalue weighted by Crippen LogP contribution is 2.34. The van der Waals surface area contributed by atoms with E-state index in [1.54, 1.807) is 25.4 Å². The molecule has 2 aromatic carbocycles. The van der Waals surface area contributed by atoms with E-state index < -0.39 is 0 Å². The Kier molecular flexibility index (Phi) is 5.81. The first-order valence-corrected chi connectivity index (χ1v) is 11.2. The van der Waals surface area contributed by atoms with Crippen molar-refractivity contribution in [3.63, 3.8) is 0 Å². The fraction of sp³-hybridized carbons (Fsp3) is 0.0400. The Morgan fingerprint density at radius 3 is 2.88 bits per heavy atom. The van der Waals surface area contributed by atoms with Gasteiger partial charge in [-0.1, -0.05) is 35.9 Å². The van der Waals surface area contributed by atoms with Crippen LogP contribution in [-0.4, -0.2) is 28.2 Å². The van der Waals surface area contributed by atoms with Gasteiger partial charge in [-0.15, -0.1) is 0 Å². The van der Waals surface area contributed by atoms with Crippen LogP contribution in [0.5, 0.6) is 5.88 Å². The number of thioether (sulfide) groups is 1. The number of ether oxygens (including phenoxy) is 1. The molecule has 0 atom stereocenters. The second-order valence-electron chi connectivity index (χ2n) is 7.17. The number of halogens is 1. The summed E-state index contributed by atoms with van der Waals surface area (Å²) >= 11 is 7.65. The van der Waals surface area contributed by atoms with E-state index in [4.69, 9.17) is 16.3 Å². The molecule has 1 N–H and O–H groups in total.